The summed E-state index contributed by atoms with van der Waals surface area (Å²) >= 11 is 0. The second-order valence-electron chi connectivity index (χ2n) is 8.87. The van der Waals surface area contributed by atoms with Gasteiger partial charge in [-0.2, -0.15) is 0 Å². The average Bonchev–Trinajstić information content (AvgIpc) is 2.82. The van der Waals surface area contributed by atoms with Crippen molar-refractivity contribution in [3.63, 3.8) is 0 Å². The smallest absolute Gasteiger partial charge is 0.170 e. The Labute approximate surface area is 188 Å². The van der Waals surface area contributed by atoms with Gasteiger partial charge in [0.2, 0.25) is 0 Å². The van der Waals surface area contributed by atoms with Crippen LogP contribution in [0.2, 0.25) is 0 Å². The van der Waals surface area contributed by atoms with Crippen LogP contribution in [0.1, 0.15) is 50.2 Å². The largest absolute Gasteiger partial charge is 0.206 e. The fourth-order valence-electron chi connectivity index (χ4n) is 4.85. The predicted molar refractivity (Wildman–Crippen MR) is 128 cm³/mol. The maximum Gasteiger partial charge on any atom is 0.170 e. The zero-order valence-corrected chi connectivity index (χ0v) is 18.5. The van der Waals surface area contributed by atoms with Crippen LogP contribution < -0.4 is 0 Å². The molecule has 4 rings (SSSR count). The average molecular weight is 435 g/mol. The van der Waals surface area contributed by atoms with Crippen LogP contribution in [0.3, 0.4) is 0 Å². The molecule has 1 fully saturated rings. The lowest BCUT2D eigenvalue weighted by Gasteiger charge is -2.26. The number of rotatable bonds is 6. The number of hydrogen-bond donors (Lipinski definition) is 0. The van der Waals surface area contributed by atoms with Crippen LogP contribution in [0.5, 0.6) is 0 Å². The number of fused-ring (bicyclic) bond motifs is 1. The lowest BCUT2D eigenvalue weighted by Crippen LogP contribution is -2.13. The van der Waals surface area contributed by atoms with Gasteiger partial charge in [-0.1, -0.05) is 54.6 Å². The highest BCUT2D eigenvalue weighted by Gasteiger charge is 2.20. The summed E-state index contributed by atoms with van der Waals surface area (Å²) in [4.78, 5) is 0. The van der Waals surface area contributed by atoms with E-state index in [4.69, 9.17) is 0 Å². The molecule has 0 nitrogen and oxygen atoms in total. The summed E-state index contributed by atoms with van der Waals surface area (Å²) in [6, 6.07) is 12.4. The van der Waals surface area contributed by atoms with Crippen LogP contribution in [-0.2, 0) is 6.42 Å². The minimum Gasteiger partial charge on any atom is -0.206 e. The fourth-order valence-corrected chi connectivity index (χ4v) is 4.85. The van der Waals surface area contributed by atoms with Crippen molar-refractivity contribution < 1.29 is 13.2 Å². The van der Waals surface area contributed by atoms with Crippen LogP contribution in [0.15, 0.2) is 61.2 Å². The van der Waals surface area contributed by atoms with Crippen molar-refractivity contribution in [3.8, 4) is 11.1 Å². The van der Waals surface area contributed by atoms with Gasteiger partial charge >= 0.3 is 0 Å². The molecular formula is C29H29F3. The van der Waals surface area contributed by atoms with Gasteiger partial charge < -0.3 is 0 Å². The Hall–Kier alpha value is -2.81. The van der Waals surface area contributed by atoms with E-state index < -0.39 is 17.5 Å². The molecule has 0 heterocycles. The number of benzene rings is 3. The van der Waals surface area contributed by atoms with Crippen molar-refractivity contribution in [3.05, 3.63) is 89.8 Å². The molecule has 32 heavy (non-hydrogen) atoms. The third kappa shape index (κ3) is 4.53. The minimum atomic E-state index is -1.14. The molecule has 1 aliphatic rings. The van der Waals surface area contributed by atoms with E-state index in [1.165, 1.54) is 37.3 Å². The Balaban J connectivity index is 1.53. The number of aryl methyl sites for hydroxylation is 1. The Kier molecular flexibility index (Phi) is 6.83. The summed E-state index contributed by atoms with van der Waals surface area (Å²) in [7, 11) is 0. The highest BCUT2D eigenvalue weighted by Crippen LogP contribution is 2.35. The molecule has 1 aliphatic carbocycles. The SMILES string of the molecule is C=CC1CCC(CCc2ccc(-c3cc4ccc(/C=C/C)c(F)c4c(F)c3F)cc2)CC1. The van der Waals surface area contributed by atoms with Crippen molar-refractivity contribution in [2.45, 2.75) is 45.4 Å². The first-order chi connectivity index (χ1) is 15.5. The molecule has 3 heteroatoms. The second kappa shape index (κ2) is 9.77. The third-order valence-corrected chi connectivity index (χ3v) is 6.83. The Bertz CT molecular complexity index is 1130. The van der Waals surface area contributed by atoms with Crippen LogP contribution in [0.4, 0.5) is 13.2 Å². The quantitative estimate of drug-likeness (QED) is 0.340. The molecule has 0 radical (unpaired) electrons. The van der Waals surface area contributed by atoms with Crippen LogP contribution in [-0.4, -0.2) is 0 Å². The minimum absolute atomic E-state index is 0.155. The van der Waals surface area contributed by atoms with Gasteiger partial charge in [-0.3, -0.25) is 0 Å². The summed E-state index contributed by atoms with van der Waals surface area (Å²) in [6.45, 7) is 5.66. The van der Waals surface area contributed by atoms with Crippen LogP contribution in [0.25, 0.3) is 28.0 Å². The fraction of sp³-hybridized carbons (Fsp3) is 0.310. The van der Waals surface area contributed by atoms with E-state index in [2.05, 4.69) is 12.7 Å². The Morgan fingerprint density at radius 2 is 1.62 bits per heavy atom. The maximum absolute atomic E-state index is 14.9. The molecule has 0 spiro atoms. The highest BCUT2D eigenvalue weighted by atomic mass is 19.2. The summed E-state index contributed by atoms with van der Waals surface area (Å²) < 4.78 is 44.4. The van der Waals surface area contributed by atoms with Crippen molar-refractivity contribution in [2.75, 3.05) is 0 Å². The first-order valence-electron chi connectivity index (χ1n) is 11.5. The van der Waals surface area contributed by atoms with Gasteiger partial charge in [0.05, 0.1) is 5.39 Å². The molecule has 0 aliphatic heterocycles. The topological polar surface area (TPSA) is 0 Å². The van der Waals surface area contributed by atoms with E-state index in [9.17, 15) is 13.2 Å². The number of allylic oxidation sites excluding steroid dienone is 2. The van der Waals surface area contributed by atoms with Gasteiger partial charge in [-0.25, -0.2) is 13.2 Å². The van der Waals surface area contributed by atoms with E-state index >= 15 is 0 Å². The first-order valence-corrected chi connectivity index (χ1v) is 11.5. The molecule has 166 valence electrons. The predicted octanol–water partition coefficient (Wildman–Crippen LogP) is 8.88. The molecule has 0 saturated heterocycles. The molecule has 3 aromatic rings. The van der Waals surface area contributed by atoms with Gasteiger partial charge in [0, 0.05) is 11.1 Å². The van der Waals surface area contributed by atoms with Crippen LogP contribution >= 0.6 is 0 Å². The van der Waals surface area contributed by atoms with Crippen LogP contribution in [0, 0.1) is 29.3 Å². The molecule has 0 aromatic heterocycles. The Morgan fingerprint density at radius 1 is 0.906 bits per heavy atom. The lowest BCUT2D eigenvalue weighted by molar-refractivity contribution is 0.296. The number of halogens is 3. The van der Waals surface area contributed by atoms with Gasteiger partial charge in [0.15, 0.2) is 11.6 Å². The zero-order valence-electron chi connectivity index (χ0n) is 18.5. The van der Waals surface area contributed by atoms with E-state index in [1.54, 1.807) is 31.2 Å². The molecule has 3 aromatic carbocycles. The highest BCUT2D eigenvalue weighted by molar-refractivity contribution is 5.90. The summed E-state index contributed by atoms with van der Waals surface area (Å²) in [6.07, 6.45) is 12.4. The van der Waals surface area contributed by atoms with E-state index in [-0.39, 0.29) is 16.5 Å². The van der Waals surface area contributed by atoms with E-state index in [1.807, 2.05) is 24.3 Å². The maximum atomic E-state index is 14.9. The van der Waals surface area contributed by atoms with Gasteiger partial charge in [-0.15, -0.1) is 6.58 Å². The molecule has 0 bridgehead atoms. The molecule has 0 N–H and O–H groups in total. The van der Waals surface area contributed by atoms with Gasteiger partial charge in [-0.05, 0) is 79.9 Å². The summed E-state index contributed by atoms with van der Waals surface area (Å²) in [5, 5.41) is 0.0495. The van der Waals surface area contributed by atoms with Crippen molar-refractivity contribution >= 4 is 16.8 Å². The van der Waals surface area contributed by atoms with Gasteiger partial charge in [0.25, 0.3) is 0 Å². The molecule has 0 unspecified atom stereocenters. The van der Waals surface area contributed by atoms with Crippen molar-refractivity contribution in [1.82, 2.24) is 0 Å². The van der Waals surface area contributed by atoms with Crippen molar-refractivity contribution in [1.29, 1.82) is 0 Å². The normalized spacial score (nSPS) is 19.0. The van der Waals surface area contributed by atoms with E-state index in [0.29, 0.717) is 16.9 Å². The Morgan fingerprint density at radius 3 is 2.28 bits per heavy atom. The van der Waals surface area contributed by atoms with Gasteiger partial charge in [0.1, 0.15) is 5.82 Å². The lowest BCUT2D eigenvalue weighted by atomic mass is 9.79. The monoisotopic (exact) mass is 434 g/mol. The molecule has 1 saturated carbocycles. The second-order valence-corrected chi connectivity index (χ2v) is 8.87. The zero-order chi connectivity index (χ0) is 22.7. The molecular weight excluding hydrogens is 405 g/mol. The number of hydrogen-bond acceptors (Lipinski definition) is 0. The standard InChI is InChI=1S/C29H29F3/c1-3-5-23-16-17-24-18-25(28(31)29(32)26(24)27(23)30)22-14-12-21(13-15-22)11-10-20-8-6-19(4-2)7-9-20/h3-5,12-20H,2,6-11H2,1H3/b5-3+. The van der Waals surface area contributed by atoms with E-state index in [0.717, 1.165) is 18.8 Å². The molecule has 0 atom stereocenters. The summed E-state index contributed by atoms with van der Waals surface area (Å²) in [5.74, 6) is -1.46. The molecule has 0 amide bonds. The van der Waals surface area contributed by atoms with Crippen molar-refractivity contribution in [2.24, 2.45) is 11.8 Å². The summed E-state index contributed by atoms with van der Waals surface area (Å²) in [5.41, 5.74) is 2.19. The first kappa shape index (κ1) is 22.4. The third-order valence-electron chi connectivity index (χ3n) is 6.83.